The van der Waals surface area contributed by atoms with Crippen molar-refractivity contribution in [3.05, 3.63) is 48.6 Å². The van der Waals surface area contributed by atoms with Crippen LogP contribution in [0, 0.1) is 0 Å². The number of unbranched alkanes of at least 4 members (excludes halogenated alkanes) is 18. The van der Waals surface area contributed by atoms with Gasteiger partial charge in [-0.1, -0.05) is 153 Å². The average molecular weight is 729 g/mol. The molecular formula is C47H88N2O3. The molecule has 0 radical (unpaired) electrons. The Morgan fingerprint density at radius 2 is 1.00 bits per heavy atom. The van der Waals surface area contributed by atoms with Crippen molar-refractivity contribution in [1.82, 2.24) is 10.2 Å². The van der Waals surface area contributed by atoms with E-state index in [9.17, 15) is 4.79 Å². The maximum absolute atomic E-state index is 12.4. The molecule has 0 aromatic rings. The van der Waals surface area contributed by atoms with E-state index in [2.05, 4.69) is 86.5 Å². The molecule has 1 amide bonds. The van der Waals surface area contributed by atoms with Gasteiger partial charge in [0.05, 0.1) is 12.7 Å². The molecule has 0 fully saturated rings. The van der Waals surface area contributed by atoms with E-state index in [4.69, 9.17) is 9.47 Å². The highest BCUT2D eigenvalue weighted by Gasteiger charge is 2.11. The van der Waals surface area contributed by atoms with Crippen molar-refractivity contribution < 1.29 is 14.3 Å². The summed E-state index contributed by atoms with van der Waals surface area (Å²) < 4.78 is 12.4. The van der Waals surface area contributed by atoms with Crippen molar-refractivity contribution in [3.8, 4) is 0 Å². The van der Waals surface area contributed by atoms with Gasteiger partial charge in [0.2, 0.25) is 5.91 Å². The molecule has 5 heteroatoms. The summed E-state index contributed by atoms with van der Waals surface area (Å²) in [7, 11) is 0. The first-order valence-electron chi connectivity index (χ1n) is 22.5. The predicted octanol–water partition coefficient (Wildman–Crippen LogP) is 13.3. The van der Waals surface area contributed by atoms with Crippen LogP contribution in [0.4, 0.5) is 0 Å². The molecule has 0 aromatic heterocycles. The molecule has 0 unspecified atom stereocenters. The van der Waals surface area contributed by atoms with Crippen LogP contribution in [0.15, 0.2) is 48.6 Å². The Labute approximate surface area is 324 Å². The number of amides is 1. The molecule has 0 aliphatic rings. The van der Waals surface area contributed by atoms with Crippen LogP contribution in [0.2, 0.25) is 0 Å². The molecule has 1 N–H and O–H groups in total. The summed E-state index contributed by atoms with van der Waals surface area (Å²) in [5, 5.41) is 3.12. The topological polar surface area (TPSA) is 50.8 Å². The lowest BCUT2D eigenvalue weighted by molar-refractivity contribution is -0.121. The third-order valence-electron chi connectivity index (χ3n) is 9.83. The fourth-order valence-corrected chi connectivity index (χ4v) is 6.22. The molecular weight excluding hydrogens is 641 g/mol. The van der Waals surface area contributed by atoms with Gasteiger partial charge in [0, 0.05) is 32.7 Å². The number of nitrogens with one attached hydrogen (secondary N) is 1. The Morgan fingerprint density at radius 1 is 0.558 bits per heavy atom. The second kappa shape index (κ2) is 43.7. The fourth-order valence-electron chi connectivity index (χ4n) is 6.22. The van der Waals surface area contributed by atoms with Crippen molar-refractivity contribution in [2.45, 2.75) is 201 Å². The second-order valence-electron chi connectivity index (χ2n) is 14.7. The molecule has 0 aliphatic heterocycles. The van der Waals surface area contributed by atoms with E-state index >= 15 is 0 Å². The molecule has 52 heavy (non-hydrogen) atoms. The van der Waals surface area contributed by atoms with Gasteiger partial charge in [0.1, 0.15) is 0 Å². The summed E-state index contributed by atoms with van der Waals surface area (Å²) in [5.41, 5.74) is 0. The molecule has 5 nitrogen and oxygen atoms in total. The minimum Gasteiger partial charge on any atom is -0.379 e. The van der Waals surface area contributed by atoms with Gasteiger partial charge in [-0.25, -0.2) is 0 Å². The number of allylic oxidation sites excluding steroid dienone is 8. The largest absolute Gasteiger partial charge is 0.379 e. The molecule has 0 rings (SSSR count). The summed E-state index contributed by atoms with van der Waals surface area (Å²) >= 11 is 0. The summed E-state index contributed by atoms with van der Waals surface area (Å²) in [6.07, 6.45) is 50.2. The van der Waals surface area contributed by atoms with Crippen molar-refractivity contribution in [3.63, 3.8) is 0 Å². The Morgan fingerprint density at radius 3 is 1.48 bits per heavy atom. The van der Waals surface area contributed by atoms with Gasteiger partial charge < -0.3 is 19.7 Å². The average Bonchev–Trinajstić information content (AvgIpc) is 3.15. The molecule has 304 valence electrons. The SMILES string of the molecule is CCCCC/C=C\C/C=C\CCCCCCCCOC[C@H](CCNC(=O)CCN(CC)CC)OCCCCCCCC/C=C\C/C=C\CCCCC. The Hall–Kier alpha value is -1.69. The van der Waals surface area contributed by atoms with E-state index in [-0.39, 0.29) is 12.0 Å². The van der Waals surface area contributed by atoms with Crippen LogP contribution in [-0.2, 0) is 14.3 Å². The Kier molecular flexibility index (Phi) is 42.3. The van der Waals surface area contributed by atoms with E-state index in [1.165, 1.54) is 128 Å². The number of carbonyl (C=O) groups excluding carboxylic acids is 1. The lowest BCUT2D eigenvalue weighted by Gasteiger charge is -2.19. The lowest BCUT2D eigenvalue weighted by Crippen LogP contribution is -2.33. The first-order valence-corrected chi connectivity index (χ1v) is 22.5. The molecule has 0 aromatic carbocycles. The zero-order valence-corrected chi connectivity index (χ0v) is 35.2. The summed E-state index contributed by atoms with van der Waals surface area (Å²) in [6.45, 7) is 14.5. The van der Waals surface area contributed by atoms with E-state index in [1.54, 1.807) is 0 Å². The van der Waals surface area contributed by atoms with Gasteiger partial charge in [-0.2, -0.15) is 0 Å². The molecule has 0 heterocycles. The van der Waals surface area contributed by atoms with Crippen LogP contribution in [-0.4, -0.2) is 62.9 Å². The molecule has 0 saturated heterocycles. The monoisotopic (exact) mass is 729 g/mol. The van der Waals surface area contributed by atoms with Gasteiger partial charge in [-0.05, 0) is 96.6 Å². The van der Waals surface area contributed by atoms with Gasteiger partial charge in [-0.15, -0.1) is 0 Å². The van der Waals surface area contributed by atoms with Crippen molar-refractivity contribution in [2.24, 2.45) is 0 Å². The first kappa shape index (κ1) is 50.3. The number of hydrogen-bond acceptors (Lipinski definition) is 4. The van der Waals surface area contributed by atoms with Crippen LogP contribution in [0.25, 0.3) is 0 Å². The highest BCUT2D eigenvalue weighted by atomic mass is 16.5. The third kappa shape index (κ3) is 39.5. The van der Waals surface area contributed by atoms with Crippen LogP contribution in [0.1, 0.15) is 195 Å². The van der Waals surface area contributed by atoms with Crippen molar-refractivity contribution in [2.75, 3.05) is 46.0 Å². The summed E-state index contributed by atoms with van der Waals surface area (Å²) in [4.78, 5) is 14.7. The standard InChI is InChI=1S/C47H88N2O3/c1-5-9-11-13-15-17-19-21-23-25-27-29-31-33-35-37-43-51-45-46(39-41-48-47(50)40-42-49(7-3)8-4)52-44-38-36-34-32-30-28-26-24-22-20-18-16-14-12-10-6-2/h15-18,21-24,46H,5-14,19-20,25-45H2,1-4H3,(H,48,50)/b17-15-,18-16-,23-21-,24-22-/t46-/m0/s1. The zero-order chi connectivity index (χ0) is 37.8. The van der Waals surface area contributed by atoms with Gasteiger partial charge in [0.15, 0.2) is 0 Å². The summed E-state index contributed by atoms with van der Waals surface area (Å²) in [6, 6.07) is 0. The van der Waals surface area contributed by atoms with Gasteiger partial charge >= 0.3 is 0 Å². The highest BCUT2D eigenvalue weighted by Crippen LogP contribution is 2.11. The van der Waals surface area contributed by atoms with Crippen molar-refractivity contribution >= 4 is 5.91 Å². The first-order chi connectivity index (χ1) is 25.7. The van der Waals surface area contributed by atoms with E-state index in [1.807, 2.05) is 0 Å². The second-order valence-corrected chi connectivity index (χ2v) is 14.7. The van der Waals surface area contributed by atoms with E-state index < -0.39 is 0 Å². The number of rotatable bonds is 41. The fraction of sp³-hybridized carbons (Fsp3) is 0.809. The number of carbonyl (C=O) groups is 1. The molecule has 1 atom stereocenters. The summed E-state index contributed by atoms with van der Waals surface area (Å²) in [5.74, 6) is 0.137. The predicted molar refractivity (Wildman–Crippen MR) is 229 cm³/mol. The Bertz CT molecular complexity index is 832. The maximum atomic E-state index is 12.4. The van der Waals surface area contributed by atoms with Crippen LogP contribution in [0.5, 0.6) is 0 Å². The van der Waals surface area contributed by atoms with Gasteiger partial charge in [0.25, 0.3) is 0 Å². The lowest BCUT2D eigenvalue weighted by atomic mass is 10.1. The quantitative estimate of drug-likeness (QED) is 0.0503. The number of nitrogens with zero attached hydrogens (tertiary/aromatic N) is 1. The third-order valence-corrected chi connectivity index (χ3v) is 9.83. The number of ether oxygens (including phenoxy) is 2. The normalized spacial score (nSPS) is 12.9. The highest BCUT2D eigenvalue weighted by molar-refractivity contribution is 5.76. The molecule has 0 bridgehead atoms. The maximum Gasteiger partial charge on any atom is 0.221 e. The minimum atomic E-state index is 0.0469. The van der Waals surface area contributed by atoms with Crippen LogP contribution < -0.4 is 5.32 Å². The minimum absolute atomic E-state index is 0.0469. The zero-order valence-electron chi connectivity index (χ0n) is 35.2. The molecule has 0 saturated carbocycles. The van der Waals surface area contributed by atoms with Crippen molar-refractivity contribution in [1.29, 1.82) is 0 Å². The Balaban J connectivity index is 4.09. The van der Waals surface area contributed by atoms with E-state index in [0.717, 1.165) is 65.0 Å². The van der Waals surface area contributed by atoms with Crippen LogP contribution in [0.3, 0.4) is 0 Å². The molecule has 0 spiro atoms. The number of hydrogen-bond donors (Lipinski definition) is 1. The van der Waals surface area contributed by atoms with Crippen LogP contribution >= 0.6 is 0 Å². The van der Waals surface area contributed by atoms with E-state index in [0.29, 0.717) is 19.6 Å². The smallest absolute Gasteiger partial charge is 0.221 e. The molecule has 0 aliphatic carbocycles. The van der Waals surface area contributed by atoms with Gasteiger partial charge in [-0.3, -0.25) is 4.79 Å².